The lowest BCUT2D eigenvalue weighted by Crippen LogP contribution is -2.50. The number of rotatable bonds is 1. The summed E-state index contributed by atoms with van der Waals surface area (Å²) in [6.45, 7) is 3.39. The van der Waals surface area contributed by atoms with Crippen LogP contribution in [0.5, 0.6) is 0 Å². The highest BCUT2D eigenvalue weighted by Crippen LogP contribution is 2.34. The van der Waals surface area contributed by atoms with Crippen LogP contribution in [0.1, 0.15) is 18.9 Å². The summed E-state index contributed by atoms with van der Waals surface area (Å²) >= 11 is 0. The first kappa shape index (κ1) is 11.2. The van der Waals surface area contributed by atoms with Crippen LogP contribution in [0.3, 0.4) is 0 Å². The van der Waals surface area contributed by atoms with Crippen LogP contribution in [0, 0.1) is 5.92 Å². The van der Waals surface area contributed by atoms with Gasteiger partial charge in [0.05, 0.1) is 23.3 Å². The maximum absolute atomic E-state index is 12.6. The smallest absolute Gasteiger partial charge is 0.261 e. The summed E-state index contributed by atoms with van der Waals surface area (Å²) in [5, 5.41) is 0.737. The minimum atomic E-state index is 0.115. The summed E-state index contributed by atoms with van der Waals surface area (Å²) in [6.07, 6.45) is 4.17. The Bertz CT molecular complexity index is 670. The summed E-state index contributed by atoms with van der Waals surface area (Å²) in [5.41, 5.74) is 0.911. The standard InChI is InChI=1S/C15H17N3O/c19-15-12-3-1-2-4-13(12)16-10-18(15)14-9-17-7-5-11(14)6-8-17/h1-4,10-11,14H,5-9H2. The molecule has 0 amide bonds. The molecule has 3 aliphatic heterocycles. The first-order chi connectivity index (χ1) is 9.33. The Kier molecular flexibility index (Phi) is 2.45. The van der Waals surface area contributed by atoms with Crippen molar-refractivity contribution in [1.82, 2.24) is 14.5 Å². The number of hydrogen-bond acceptors (Lipinski definition) is 3. The van der Waals surface area contributed by atoms with E-state index in [1.54, 1.807) is 6.33 Å². The molecule has 3 saturated heterocycles. The lowest BCUT2D eigenvalue weighted by molar-refractivity contribution is 0.0552. The minimum absolute atomic E-state index is 0.115. The molecule has 4 heterocycles. The number of para-hydroxylation sites is 1. The number of fused-ring (bicyclic) bond motifs is 4. The Morgan fingerprint density at radius 2 is 1.95 bits per heavy atom. The predicted molar refractivity (Wildman–Crippen MR) is 74.2 cm³/mol. The van der Waals surface area contributed by atoms with E-state index in [-0.39, 0.29) is 5.56 Å². The molecule has 2 aromatic rings. The van der Waals surface area contributed by atoms with E-state index in [2.05, 4.69) is 9.88 Å². The van der Waals surface area contributed by atoms with Crippen LogP contribution in [0.25, 0.3) is 10.9 Å². The van der Waals surface area contributed by atoms with Gasteiger partial charge in [-0.3, -0.25) is 9.36 Å². The van der Waals surface area contributed by atoms with E-state index >= 15 is 0 Å². The van der Waals surface area contributed by atoms with E-state index in [1.807, 2.05) is 28.8 Å². The molecule has 3 aliphatic rings. The zero-order chi connectivity index (χ0) is 12.8. The van der Waals surface area contributed by atoms with Gasteiger partial charge in [-0.1, -0.05) is 12.1 Å². The predicted octanol–water partition coefficient (Wildman–Crippen LogP) is 1.66. The molecular formula is C15H17N3O. The minimum Gasteiger partial charge on any atom is -0.301 e. The summed E-state index contributed by atoms with van der Waals surface area (Å²) < 4.78 is 1.87. The zero-order valence-corrected chi connectivity index (χ0v) is 10.8. The van der Waals surface area contributed by atoms with Crippen LogP contribution in [0.15, 0.2) is 35.4 Å². The van der Waals surface area contributed by atoms with Gasteiger partial charge in [-0.15, -0.1) is 0 Å². The highest BCUT2D eigenvalue weighted by Gasteiger charge is 2.35. The van der Waals surface area contributed by atoms with E-state index in [1.165, 1.54) is 25.9 Å². The second kappa shape index (κ2) is 4.17. The highest BCUT2D eigenvalue weighted by molar-refractivity contribution is 5.76. The van der Waals surface area contributed by atoms with Crippen molar-refractivity contribution in [1.29, 1.82) is 0 Å². The molecule has 0 N–H and O–H groups in total. The van der Waals surface area contributed by atoms with Crippen LogP contribution in [-0.2, 0) is 0 Å². The molecule has 0 radical (unpaired) electrons. The van der Waals surface area contributed by atoms with Gasteiger partial charge in [-0.2, -0.15) is 0 Å². The molecule has 5 rings (SSSR count). The van der Waals surface area contributed by atoms with Crippen molar-refractivity contribution in [3.63, 3.8) is 0 Å². The topological polar surface area (TPSA) is 38.1 Å². The van der Waals surface area contributed by atoms with Gasteiger partial charge in [0.25, 0.3) is 5.56 Å². The zero-order valence-electron chi connectivity index (χ0n) is 10.8. The maximum atomic E-state index is 12.6. The number of hydrogen-bond donors (Lipinski definition) is 0. The molecule has 19 heavy (non-hydrogen) atoms. The van der Waals surface area contributed by atoms with Gasteiger partial charge in [0.2, 0.25) is 0 Å². The highest BCUT2D eigenvalue weighted by atomic mass is 16.1. The first-order valence-electron chi connectivity index (χ1n) is 7.01. The first-order valence-corrected chi connectivity index (χ1v) is 7.01. The number of nitrogens with zero attached hydrogens (tertiary/aromatic N) is 3. The Morgan fingerprint density at radius 1 is 1.16 bits per heavy atom. The van der Waals surface area contributed by atoms with Crippen molar-refractivity contribution in [2.24, 2.45) is 5.92 Å². The molecule has 3 fully saturated rings. The van der Waals surface area contributed by atoms with Crippen LogP contribution < -0.4 is 5.56 Å². The van der Waals surface area contributed by atoms with Crippen LogP contribution >= 0.6 is 0 Å². The van der Waals surface area contributed by atoms with E-state index in [0.29, 0.717) is 12.0 Å². The molecule has 1 unspecified atom stereocenters. The second-order valence-electron chi connectivity index (χ2n) is 5.68. The van der Waals surface area contributed by atoms with Crippen LogP contribution in [0.4, 0.5) is 0 Å². The largest absolute Gasteiger partial charge is 0.301 e. The van der Waals surface area contributed by atoms with Gasteiger partial charge in [-0.25, -0.2) is 4.98 Å². The maximum Gasteiger partial charge on any atom is 0.261 e. The number of aromatic nitrogens is 2. The number of piperidine rings is 3. The van der Waals surface area contributed by atoms with Gasteiger partial charge >= 0.3 is 0 Å². The molecule has 1 aromatic carbocycles. The lowest BCUT2D eigenvalue weighted by atomic mass is 9.84. The Balaban J connectivity index is 1.83. The molecule has 0 aliphatic carbocycles. The van der Waals surface area contributed by atoms with E-state index in [9.17, 15) is 4.79 Å². The van der Waals surface area contributed by atoms with E-state index in [4.69, 9.17) is 0 Å². The normalized spacial score (nSPS) is 29.8. The summed E-state index contributed by atoms with van der Waals surface area (Å²) in [4.78, 5) is 19.5. The van der Waals surface area contributed by atoms with Crippen molar-refractivity contribution in [2.45, 2.75) is 18.9 Å². The summed E-state index contributed by atoms with van der Waals surface area (Å²) in [5.74, 6) is 0.644. The van der Waals surface area contributed by atoms with E-state index in [0.717, 1.165) is 17.4 Å². The van der Waals surface area contributed by atoms with Gasteiger partial charge < -0.3 is 4.90 Å². The fraction of sp³-hybridized carbons (Fsp3) is 0.467. The van der Waals surface area contributed by atoms with Gasteiger partial charge in [0, 0.05) is 6.54 Å². The summed E-state index contributed by atoms with van der Waals surface area (Å²) in [6, 6.07) is 7.92. The van der Waals surface area contributed by atoms with Gasteiger partial charge in [-0.05, 0) is 44.0 Å². The fourth-order valence-electron chi connectivity index (χ4n) is 3.57. The third-order valence-corrected chi connectivity index (χ3v) is 4.67. The molecule has 4 nitrogen and oxygen atoms in total. The SMILES string of the molecule is O=c1c2ccccc2ncn1C1CN2CCC1CC2. The quantitative estimate of drug-likeness (QED) is 0.778. The number of benzene rings is 1. The molecule has 1 atom stereocenters. The Morgan fingerprint density at radius 3 is 2.68 bits per heavy atom. The van der Waals surface area contributed by atoms with Crippen molar-refractivity contribution in [2.75, 3.05) is 19.6 Å². The Labute approximate surface area is 111 Å². The van der Waals surface area contributed by atoms with Gasteiger partial charge in [0.1, 0.15) is 0 Å². The molecule has 2 bridgehead atoms. The monoisotopic (exact) mass is 255 g/mol. The molecule has 1 aromatic heterocycles. The van der Waals surface area contributed by atoms with Gasteiger partial charge in [0.15, 0.2) is 0 Å². The average molecular weight is 255 g/mol. The molecule has 0 spiro atoms. The van der Waals surface area contributed by atoms with Crippen molar-refractivity contribution < 1.29 is 0 Å². The van der Waals surface area contributed by atoms with Crippen LogP contribution in [-0.4, -0.2) is 34.1 Å². The third kappa shape index (κ3) is 1.70. The average Bonchev–Trinajstić information content (AvgIpc) is 2.49. The van der Waals surface area contributed by atoms with Crippen molar-refractivity contribution >= 4 is 10.9 Å². The molecule has 98 valence electrons. The molecule has 4 heteroatoms. The van der Waals surface area contributed by atoms with Crippen molar-refractivity contribution in [3.05, 3.63) is 40.9 Å². The summed E-state index contributed by atoms with van der Waals surface area (Å²) in [7, 11) is 0. The Hall–Kier alpha value is -1.68. The van der Waals surface area contributed by atoms with Crippen LogP contribution in [0.2, 0.25) is 0 Å². The van der Waals surface area contributed by atoms with Crippen molar-refractivity contribution in [3.8, 4) is 0 Å². The second-order valence-corrected chi connectivity index (χ2v) is 5.68. The lowest BCUT2D eigenvalue weighted by Gasteiger charge is -2.45. The van der Waals surface area contributed by atoms with E-state index < -0.39 is 0 Å². The molecule has 0 saturated carbocycles. The third-order valence-electron chi connectivity index (χ3n) is 4.67. The fourth-order valence-corrected chi connectivity index (χ4v) is 3.57. The molecular weight excluding hydrogens is 238 g/mol.